The normalized spacial score (nSPS) is 12.8. The Labute approximate surface area is 169 Å². The highest BCUT2D eigenvalue weighted by atomic mass is 32.2. The van der Waals surface area contributed by atoms with Gasteiger partial charge in [0.15, 0.2) is 0 Å². The first kappa shape index (κ1) is 20.4. The smallest absolute Gasteiger partial charge is 0.214 e. The average molecular weight is 399 g/mol. The Kier molecular flexibility index (Phi) is 6.36. The summed E-state index contributed by atoms with van der Waals surface area (Å²) in [7, 11) is 0. The third kappa shape index (κ3) is 5.33. The largest absolute Gasteiger partial charge is 0.491 e. The molecule has 0 saturated heterocycles. The summed E-state index contributed by atoms with van der Waals surface area (Å²) in [6, 6.07) is 16.0. The lowest BCUT2D eigenvalue weighted by molar-refractivity contribution is 0.126. The lowest BCUT2D eigenvalue weighted by atomic mass is 9.87. The Morgan fingerprint density at radius 1 is 1.07 bits per heavy atom. The summed E-state index contributed by atoms with van der Waals surface area (Å²) in [5.74, 6) is 1.19. The maximum absolute atomic E-state index is 10.3. The van der Waals surface area contributed by atoms with Crippen LogP contribution in [0.3, 0.4) is 0 Å². The molecule has 7 heteroatoms. The number of ether oxygens (including phenoxy) is 1. The first-order valence-corrected chi connectivity index (χ1v) is 10.2. The van der Waals surface area contributed by atoms with E-state index in [0.717, 1.165) is 11.4 Å². The molecule has 6 nitrogen and oxygen atoms in total. The number of aryl methyl sites for hydroxylation is 1. The topological polar surface area (TPSA) is 73.1 Å². The van der Waals surface area contributed by atoms with Crippen LogP contribution in [0.15, 0.2) is 53.7 Å². The molecule has 0 aliphatic carbocycles. The minimum Gasteiger partial charge on any atom is -0.491 e. The zero-order chi connectivity index (χ0) is 20.1. The van der Waals surface area contributed by atoms with Crippen LogP contribution in [0, 0.1) is 6.92 Å². The molecule has 0 fully saturated rings. The second-order valence-electron chi connectivity index (χ2n) is 7.76. The first-order chi connectivity index (χ1) is 13.3. The molecule has 0 saturated carbocycles. The second kappa shape index (κ2) is 8.75. The number of aromatic nitrogens is 4. The molecule has 2 aromatic carbocycles. The van der Waals surface area contributed by atoms with Gasteiger partial charge in [-0.15, -0.1) is 5.10 Å². The highest BCUT2D eigenvalue weighted by Gasteiger charge is 2.15. The second-order valence-corrected chi connectivity index (χ2v) is 8.75. The monoisotopic (exact) mass is 398 g/mol. The van der Waals surface area contributed by atoms with Gasteiger partial charge in [-0.3, -0.25) is 0 Å². The SMILES string of the molecule is Cc1ccc(-n2nnnc2SC[C@@H](O)COc2ccc(C(C)(C)C)cc2)cc1. The maximum Gasteiger partial charge on any atom is 0.214 e. The molecule has 1 atom stereocenters. The van der Waals surface area contributed by atoms with Gasteiger partial charge in [-0.05, 0) is 52.6 Å². The minimum atomic E-state index is -0.629. The van der Waals surface area contributed by atoms with E-state index in [1.165, 1.54) is 22.9 Å². The maximum atomic E-state index is 10.3. The van der Waals surface area contributed by atoms with Crippen LogP contribution in [0.25, 0.3) is 5.69 Å². The van der Waals surface area contributed by atoms with Gasteiger partial charge >= 0.3 is 0 Å². The van der Waals surface area contributed by atoms with Crippen molar-refractivity contribution in [2.24, 2.45) is 0 Å². The molecule has 0 unspecified atom stereocenters. The van der Waals surface area contributed by atoms with Gasteiger partial charge in [0.1, 0.15) is 12.4 Å². The van der Waals surface area contributed by atoms with Crippen LogP contribution in [0.4, 0.5) is 0 Å². The Balaban J connectivity index is 1.52. The molecule has 28 heavy (non-hydrogen) atoms. The third-order valence-electron chi connectivity index (χ3n) is 4.29. The zero-order valence-corrected chi connectivity index (χ0v) is 17.5. The van der Waals surface area contributed by atoms with Gasteiger partial charge in [0.05, 0.1) is 11.8 Å². The molecule has 0 aliphatic rings. The summed E-state index contributed by atoms with van der Waals surface area (Å²) in [6.07, 6.45) is -0.629. The number of aliphatic hydroxyl groups excluding tert-OH is 1. The third-order valence-corrected chi connectivity index (χ3v) is 5.35. The number of hydrogen-bond donors (Lipinski definition) is 1. The Bertz CT molecular complexity index is 886. The van der Waals surface area contributed by atoms with Crippen LogP contribution >= 0.6 is 11.8 Å². The van der Waals surface area contributed by atoms with Gasteiger partial charge in [0.2, 0.25) is 5.16 Å². The lowest BCUT2D eigenvalue weighted by Crippen LogP contribution is -2.20. The summed E-state index contributed by atoms with van der Waals surface area (Å²) in [5, 5.41) is 22.7. The molecule has 0 amide bonds. The van der Waals surface area contributed by atoms with E-state index >= 15 is 0 Å². The Morgan fingerprint density at radius 3 is 2.39 bits per heavy atom. The fraction of sp³-hybridized carbons (Fsp3) is 0.381. The summed E-state index contributed by atoms with van der Waals surface area (Å²) >= 11 is 1.40. The van der Waals surface area contributed by atoms with Crippen molar-refractivity contribution in [3.8, 4) is 11.4 Å². The van der Waals surface area contributed by atoms with E-state index in [-0.39, 0.29) is 12.0 Å². The van der Waals surface area contributed by atoms with Crippen molar-refractivity contribution >= 4 is 11.8 Å². The van der Waals surface area contributed by atoms with E-state index in [2.05, 4.69) is 48.4 Å². The predicted octanol–water partition coefficient (Wildman–Crippen LogP) is 3.80. The number of rotatable bonds is 7. The molecule has 3 aromatic rings. The number of thioether (sulfide) groups is 1. The van der Waals surface area contributed by atoms with Gasteiger partial charge in [-0.2, -0.15) is 4.68 Å². The molecular formula is C21H26N4O2S. The summed E-state index contributed by atoms with van der Waals surface area (Å²) in [5.41, 5.74) is 3.42. The van der Waals surface area contributed by atoms with Crippen molar-refractivity contribution in [3.05, 3.63) is 59.7 Å². The van der Waals surface area contributed by atoms with Crippen LogP contribution < -0.4 is 4.74 Å². The quantitative estimate of drug-likeness (QED) is 0.610. The molecular weight excluding hydrogens is 372 g/mol. The highest BCUT2D eigenvalue weighted by molar-refractivity contribution is 7.99. The van der Waals surface area contributed by atoms with Crippen molar-refractivity contribution in [2.45, 2.75) is 44.4 Å². The fourth-order valence-corrected chi connectivity index (χ4v) is 3.38. The van der Waals surface area contributed by atoms with Crippen molar-refractivity contribution in [2.75, 3.05) is 12.4 Å². The van der Waals surface area contributed by atoms with Crippen LogP contribution in [-0.2, 0) is 5.41 Å². The number of hydrogen-bond acceptors (Lipinski definition) is 6. The number of nitrogens with zero attached hydrogens (tertiary/aromatic N) is 4. The Hall–Kier alpha value is -2.38. The van der Waals surface area contributed by atoms with Gasteiger partial charge in [-0.25, -0.2) is 0 Å². The van der Waals surface area contributed by atoms with Crippen molar-refractivity contribution < 1.29 is 9.84 Å². The molecule has 0 aliphatic heterocycles. The molecule has 148 valence electrons. The van der Waals surface area contributed by atoms with Gasteiger partial charge < -0.3 is 9.84 Å². The Morgan fingerprint density at radius 2 is 1.75 bits per heavy atom. The predicted molar refractivity (Wildman–Crippen MR) is 111 cm³/mol. The number of aliphatic hydroxyl groups is 1. The molecule has 1 N–H and O–H groups in total. The van der Waals surface area contributed by atoms with E-state index in [4.69, 9.17) is 4.74 Å². The highest BCUT2D eigenvalue weighted by Crippen LogP contribution is 2.24. The van der Waals surface area contributed by atoms with E-state index < -0.39 is 6.10 Å². The van der Waals surface area contributed by atoms with E-state index in [1.807, 2.05) is 43.3 Å². The summed E-state index contributed by atoms with van der Waals surface area (Å²) < 4.78 is 7.38. The average Bonchev–Trinajstić information content (AvgIpc) is 3.13. The van der Waals surface area contributed by atoms with Crippen molar-refractivity contribution in [1.29, 1.82) is 0 Å². The van der Waals surface area contributed by atoms with Crippen molar-refractivity contribution in [3.63, 3.8) is 0 Å². The fourth-order valence-electron chi connectivity index (χ4n) is 2.58. The van der Waals surface area contributed by atoms with Crippen molar-refractivity contribution in [1.82, 2.24) is 20.2 Å². The molecule has 0 radical (unpaired) electrons. The van der Waals surface area contributed by atoms with E-state index in [1.54, 1.807) is 4.68 Å². The van der Waals surface area contributed by atoms with E-state index in [9.17, 15) is 5.11 Å². The lowest BCUT2D eigenvalue weighted by Gasteiger charge is -2.19. The summed E-state index contributed by atoms with van der Waals surface area (Å²) in [4.78, 5) is 0. The molecule has 0 bridgehead atoms. The molecule has 1 aromatic heterocycles. The zero-order valence-electron chi connectivity index (χ0n) is 16.7. The number of tetrazole rings is 1. The van der Waals surface area contributed by atoms with Gasteiger partial charge in [-0.1, -0.05) is 62.4 Å². The van der Waals surface area contributed by atoms with Gasteiger partial charge in [0, 0.05) is 5.75 Å². The molecule has 0 spiro atoms. The van der Waals surface area contributed by atoms with Crippen LogP contribution in [-0.4, -0.2) is 43.8 Å². The standard InChI is InChI=1S/C21H26N4O2S/c1-15-5-9-17(10-6-15)25-20(22-23-24-25)28-14-18(26)13-27-19-11-7-16(8-12-19)21(2,3)4/h5-12,18,26H,13-14H2,1-4H3/t18-/m0/s1. The van der Waals surface area contributed by atoms with Gasteiger partial charge in [0.25, 0.3) is 0 Å². The van der Waals surface area contributed by atoms with Crippen LogP contribution in [0.2, 0.25) is 0 Å². The van der Waals surface area contributed by atoms with E-state index in [0.29, 0.717) is 10.9 Å². The molecule has 1 heterocycles. The van der Waals surface area contributed by atoms with Crippen LogP contribution in [0.5, 0.6) is 5.75 Å². The minimum absolute atomic E-state index is 0.107. The first-order valence-electron chi connectivity index (χ1n) is 9.22. The van der Waals surface area contributed by atoms with Crippen LogP contribution in [0.1, 0.15) is 31.9 Å². The summed E-state index contributed by atoms with van der Waals surface area (Å²) in [6.45, 7) is 8.77. The molecule has 3 rings (SSSR count). The number of benzene rings is 2.